The zero-order valence-electron chi connectivity index (χ0n) is 7.53. The number of benzene rings is 1. The standard InChI is InChI=1S/C10H13NO2/c1-7(10(11)13)9-5-3-2-4-8(9)6-12/h2-5,7,12H,6H2,1H3,(H2,11,13). The van der Waals surface area contributed by atoms with Crippen molar-refractivity contribution >= 4 is 5.91 Å². The Kier molecular flexibility index (Phi) is 3.03. The fourth-order valence-corrected chi connectivity index (χ4v) is 1.25. The van der Waals surface area contributed by atoms with Crippen LogP contribution in [0.3, 0.4) is 0 Å². The third-order valence-electron chi connectivity index (χ3n) is 2.12. The molecule has 0 saturated carbocycles. The molecule has 70 valence electrons. The smallest absolute Gasteiger partial charge is 0.224 e. The lowest BCUT2D eigenvalue weighted by Gasteiger charge is -2.11. The van der Waals surface area contributed by atoms with E-state index < -0.39 is 0 Å². The highest BCUT2D eigenvalue weighted by Gasteiger charge is 2.14. The van der Waals surface area contributed by atoms with E-state index in [0.29, 0.717) is 0 Å². The third-order valence-corrected chi connectivity index (χ3v) is 2.12. The van der Waals surface area contributed by atoms with Gasteiger partial charge in [0.25, 0.3) is 0 Å². The fraction of sp³-hybridized carbons (Fsp3) is 0.300. The molecular formula is C10H13NO2. The Morgan fingerprint density at radius 1 is 1.54 bits per heavy atom. The van der Waals surface area contributed by atoms with Gasteiger partial charge in [-0.3, -0.25) is 4.79 Å². The molecule has 1 aromatic rings. The zero-order chi connectivity index (χ0) is 9.84. The van der Waals surface area contributed by atoms with E-state index in [1.165, 1.54) is 0 Å². The number of rotatable bonds is 3. The van der Waals surface area contributed by atoms with Crippen molar-refractivity contribution in [3.05, 3.63) is 35.4 Å². The summed E-state index contributed by atoms with van der Waals surface area (Å²) in [5, 5.41) is 9.00. The van der Waals surface area contributed by atoms with Crippen molar-refractivity contribution in [2.75, 3.05) is 0 Å². The molecule has 1 atom stereocenters. The average Bonchev–Trinajstić information content (AvgIpc) is 2.16. The minimum absolute atomic E-state index is 0.0617. The molecule has 0 spiro atoms. The lowest BCUT2D eigenvalue weighted by atomic mass is 9.96. The zero-order valence-corrected chi connectivity index (χ0v) is 7.53. The molecule has 0 heterocycles. The molecule has 0 fully saturated rings. The van der Waals surface area contributed by atoms with Gasteiger partial charge in [-0.05, 0) is 18.1 Å². The summed E-state index contributed by atoms with van der Waals surface area (Å²) in [5.41, 5.74) is 6.73. The lowest BCUT2D eigenvalue weighted by Crippen LogP contribution is -2.19. The predicted molar refractivity (Wildman–Crippen MR) is 50.0 cm³/mol. The first-order valence-corrected chi connectivity index (χ1v) is 4.14. The van der Waals surface area contributed by atoms with Crippen molar-refractivity contribution in [1.82, 2.24) is 0 Å². The SMILES string of the molecule is CC(C(N)=O)c1ccccc1CO. The fourth-order valence-electron chi connectivity index (χ4n) is 1.25. The summed E-state index contributed by atoms with van der Waals surface area (Å²) in [5.74, 6) is -0.718. The van der Waals surface area contributed by atoms with Crippen molar-refractivity contribution in [2.24, 2.45) is 5.73 Å². The summed E-state index contributed by atoms with van der Waals surface area (Å²) in [6, 6.07) is 7.24. The molecule has 3 N–H and O–H groups in total. The summed E-state index contributed by atoms with van der Waals surface area (Å²) in [7, 11) is 0. The molecule has 1 rings (SSSR count). The highest BCUT2D eigenvalue weighted by molar-refractivity contribution is 5.81. The molecule has 3 nitrogen and oxygen atoms in total. The van der Waals surface area contributed by atoms with Crippen LogP contribution in [0.25, 0.3) is 0 Å². The van der Waals surface area contributed by atoms with Gasteiger partial charge in [0, 0.05) is 0 Å². The maximum atomic E-state index is 10.9. The number of aliphatic hydroxyl groups is 1. The Morgan fingerprint density at radius 2 is 2.15 bits per heavy atom. The molecule has 0 aliphatic heterocycles. The van der Waals surface area contributed by atoms with E-state index in [-0.39, 0.29) is 18.4 Å². The van der Waals surface area contributed by atoms with Crippen molar-refractivity contribution in [2.45, 2.75) is 19.4 Å². The van der Waals surface area contributed by atoms with Gasteiger partial charge in [0.05, 0.1) is 12.5 Å². The normalized spacial score (nSPS) is 12.5. The largest absolute Gasteiger partial charge is 0.392 e. The van der Waals surface area contributed by atoms with Gasteiger partial charge in [0.15, 0.2) is 0 Å². The van der Waals surface area contributed by atoms with Gasteiger partial charge in [-0.25, -0.2) is 0 Å². The van der Waals surface area contributed by atoms with E-state index in [2.05, 4.69) is 0 Å². The summed E-state index contributed by atoms with van der Waals surface area (Å²) in [4.78, 5) is 10.9. The van der Waals surface area contributed by atoms with Crippen LogP contribution >= 0.6 is 0 Å². The van der Waals surface area contributed by atoms with Crippen LogP contribution in [0.15, 0.2) is 24.3 Å². The predicted octanol–water partition coefficient (Wildman–Crippen LogP) is 0.768. The van der Waals surface area contributed by atoms with E-state index in [0.717, 1.165) is 11.1 Å². The maximum Gasteiger partial charge on any atom is 0.224 e. The van der Waals surface area contributed by atoms with Crippen LogP contribution in [0.2, 0.25) is 0 Å². The van der Waals surface area contributed by atoms with Crippen molar-refractivity contribution < 1.29 is 9.90 Å². The van der Waals surface area contributed by atoms with Gasteiger partial charge in [0.1, 0.15) is 0 Å². The summed E-state index contributed by atoms with van der Waals surface area (Å²) < 4.78 is 0. The molecule has 13 heavy (non-hydrogen) atoms. The molecule has 0 aliphatic rings. The number of aliphatic hydroxyl groups excluding tert-OH is 1. The summed E-state index contributed by atoms with van der Waals surface area (Å²) in [6.07, 6.45) is 0. The second-order valence-corrected chi connectivity index (χ2v) is 2.98. The average molecular weight is 179 g/mol. The van der Waals surface area contributed by atoms with Crippen LogP contribution in [0.4, 0.5) is 0 Å². The highest BCUT2D eigenvalue weighted by Crippen LogP contribution is 2.19. The van der Waals surface area contributed by atoms with E-state index in [1.807, 2.05) is 12.1 Å². The Bertz CT molecular complexity index is 310. The van der Waals surface area contributed by atoms with Crippen molar-refractivity contribution in [3.63, 3.8) is 0 Å². The molecule has 0 radical (unpaired) electrons. The van der Waals surface area contributed by atoms with Crippen molar-refractivity contribution in [3.8, 4) is 0 Å². The first kappa shape index (κ1) is 9.74. The molecule has 1 unspecified atom stereocenters. The molecule has 0 saturated heterocycles. The molecule has 1 aromatic carbocycles. The van der Waals surface area contributed by atoms with Crippen LogP contribution in [-0.2, 0) is 11.4 Å². The van der Waals surface area contributed by atoms with Gasteiger partial charge in [0.2, 0.25) is 5.91 Å². The first-order chi connectivity index (χ1) is 6.16. The number of hydrogen-bond acceptors (Lipinski definition) is 2. The Labute approximate surface area is 77.2 Å². The molecule has 1 amide bonds. The summed E-state index contributed by atoms with van der Waals surface area (Å²) in [6.45, 7) is 1.67. The number of primary amides is 1. The molecule has 0 aromatic heterocycles. The molecule has 3 heteroatoms. The Balaban J connectivity index is 3.05. The number of nitrogens with two attached hydrogens (primary N) is 1. The van der Waals surface area contributed by atoms with E-state index >= 15 is 0 Å². The van der Waals surface area contributed by atoms with E-state index in [4.69, 9.17) is 10.8 Å². The molecule has 0 bridgehead atoms. The first-order valence-electron chi connectivity index (χ1n) is 4.14. The third kappa shape index (κ3) is 2.06. The quantitative estimate of drug-likeness (QED) is 0.719. The minimum atomic E-state index is -0.374. The number of amides is 1. The number of hydrogen-bond donors (Lipinski definition) is 2. The van der Waals surface area contributed by atoms with E-state index in [1.54, 1.807) is 19.1 Å². The van der Waals surface area contributed by atoms with Crippen LogP contribution in [0.1, 0.15) is 24.0 Å². The van der Waals surface area contributed by atoms with Crippen LogP contribution in [-0.4, -0.2) is 11.0 Å². The van der Waals surface area contributed by atoms with Crippen LogP contribution in [0.5, 0.6) is 0 Å². The van der Waals surface area contributed by atoms with Gasteiger partial charge >= 0.3 is 0 Å². The number of carbonyl (C=O) groups excluding carboxylic acids is 1. The number of carbonyl (C=O) groups is 1. The van der Waals surface area contributed by atoms with Crippen LogP contribution in [0, 0.1) is 0 Å². The molecular weight excluding hydrogens is 166 g/mol. The maximum absolute atomic E-state index is 10.9. The van der Waals surface area contributed by atoms with Gasteiger partial charge in [-0.1, -0.05) is 24.3 Å². The van der Waals surface area contributed by atoms with Crippen molar-refractivity contribution in [1.29, 1.82) is 0 Å². The second-order valence-electron chi connectivity index (χ2n) is 2.98. The lowest BCUT2D eigenvalue weighted by molar-refractivity contribution is -0.119. The second kappa shape index (κ2) is 4.05. The minimum Gasteiger partial charge on any atom is -0.392 e. The van der Waals surface area contributed by atoms with E-state index in [9.17, 15) is 4.79 Å². The van der Waals surface area contributed by atoms with Gasteiger partial charge < -0.3 is 10.8 Å². The monoisotopic (exact) mass is 179 g/mol. The Morgan fingerprint density at radius 3 is 2.69 bits per heavy atom. The molecule has 0 aliphatic carbocycles. The van der Waals surface area contributed by atoms with Gasteiger partial charge in [-0.2, -0.15) is 0 Å². The van der Waals surface area contributed by atoms with Crippen LogP contribution < -0.4 is 5.73 Å². The highest BCUT2D eigenvalue weighted by atomic mass is 16.3. The summed E-state index contributed by atoms with van der Waals surface area (Å²) >= 11 is 0. The Hall–Kier alpha value is -1.35. The van der Waals surface area contributed by atoms with Gasteiger partial charge in [-0.15, -0.1) is 0 Å². The topological polar surface area (TPSA) is 63.3 Å².